The molecule has 228 valence electrons. The van der Waals surface area contributed by atoms with Gasteiger partial charge in [0.25, 0.3) is 0 Å². The topological polar surface area (TPSA) is 158 Å². The third-order valence-corrected chi connectivity index (χ3v) is 7.24. The van der Waals surface area contributed by atoms with Crippen LogP contribution in [-0.2, 0) is 10.2 Å². The Bertz CT molecular complexity index is 1750. The third kappa shape index (κ3) is 6.48. The van der Waals surface area contributed by atoms with Gasteiger partial charge in [-0.25, -0.2) is 19.4 Å². The number of hydrogen-bond donors (Lipinski definition) is 3. The molecule has 13 nitrogen and oxygen atoms in total. The number of fused-ring (bicyclic) bond motifs is 1. The second-order valence-electron chi connectivity index (χ2n) is 11.5. The van der Waals surface area contributed by atoms with Crippen molar-refractivity contribution >= 4 is 34.4 Å². The molecule has 13 heteroatoms. The van der Waals surface area contributed by atoms with E-state index in [9.17, 15) is 4.79 Å². The van der Waals surface area contributed by atoms with Gasteiger partial charge in [0.05, 0.1) is 24.3 Å². The van der Waals surface area contributed by atoms with Crippen molar-refractivity contribution in [2.45, 2.75) is 26.2 Å². The minimum Gasteiger partial charge on any atom is -0.492 e. The lowest BCUT2D eigenvalue weighted by molar-refractivity contribution is 0.0322. The molecular formula is C31H35N9O4. The highest BCUT2D eigenvalue weighted by Crippen LogP contribution is 2.33. The number of benzene rings is 2. The van der Waals surface area contributed by atoms with E-state index in [-0.39, 0.29) is 5.41 Å². The fraction of sp³-hybridized carbons (Fsp3) is 0.323. The predicted octanol–water partition coefficient (Wildman–Crippen LogP) is 4.71. The maximum atomic E-state index is 12.6. The summed E-state index contributed by atoms with van der Waals surface area (Å²) >= 11 is 0. The Morgan fingerprint density at radius 2 is 1.84 bits per heavy atom. The number of nitrogens with zero attached hydrogens (tertiary/aromatic N) is 6. The molecule has 0 aliphatic carbocycles. The Kier molecular flexibility index (Phi) is 8.13. The quantitative estimate of drug-likeness (QED) is 0.229. The fourth-order valence-corrected chi connectivity index (χ4v) is 4.86. The van der Waals surface area contributed by atoms with E-state index in [1.807, 2.05) is 57.2 Å². The van der Waals surface area contributed by atoms with Crippen LogP contribution in [0, 0.1) is 0 Å². The first-order chi connectivity index (χ1) is 21.2. The minimum atomic E-state index is -0.439. The molecule has 1 fully saturated rings. The van der Waals surface area contributed by atoms with Gasteiger partial charge >= 0.3 is 6.03 Å². The molecule has 0 bridgehead atoms. The number of nitrogens with one attached hydrogen (secondary N) is 2. The summed E-state index contributed by atoms with van der Waals surface area (Å²) in [4.78, 5) is 23.6. The summed E-state index contributed by atoms with van der Waals surface area (Å²) in [6.45, 7) is 10.8. The van der Waals surface area contributed by atoms with E-state index in [0.717, 1.165) is 49.8 Å². The molecule has 4 heterocycles. The van der Waals surface area contributed by atoms with Gasteiger partial charge in [0.1, 0.15) is 36.0 Å². The van der Waals surface area contributed by atoms with Crippen molar-refractivity contribution in [3.05, 3.63) is 66.7 Å². The predicted molar refractivity (Wildman–Crippen MR) is 167 cm³/mol. The van der Waals surface area contributed by atoms with E-state index in [1.54, 1.807) is 22.9 Å². The summed E-state index contributed by atoms with van der Waals surface area (Å²) in [7, 11) is 0. The molecule has 2 aromatic carbocycles. The molecule has 5 aromatic rings. The van der Waals surface area contributed by atoms with Gasteiger partial charge in [-0.05, 0) is 36.4 Å². The van der Waals surface area contributed by atoms with E-state index in [1.165, 1.54) is 6.33 Å². The number of aromatic nitrogens is 5. The second-order valence-corrected chi connectivity index (χ2v) is 11.5. The van der Waals surface area contributed by atoms with Crippen LogP contribution in [0.3, 0.4) is 0 Å². The Balaban J connectivity index is 1.19. The first-order valence-corrected chi connectivity index (χ1v) is 14.4. The maximum absolute atomic E-state index is 12.6. The second kappa shape index (κ2) is 12.3. The summed E-state index contributed by atoms with van der Waals surface area (Å²) < 4.78 is 18.5. The Labute approximate surface area is 254 Å². The van der Waals surface area contributed by atoms with Crippen LogP contribution in [0.25, 0.3) is 28.0 Å². The van der Waals surface area contributed by atoms with Gasteiger partial charge in [0, 0.05) is 42.4 Å². The lowest BCUT2D eigenvalue weighted by atomic mass is 9.93. The number of morpholine rings is 1. The van der Waals surface area contributed by atoms with Crippen molar-refractivity contribution in [1.29, 1.82) is 0 Å². The molecule has 0 radical (unpaired) electrons. The van der Waals surface area contributed by atoms with Crippen molar-refractivity contribution in [3.63, 3.8) is 0 Å². The molecule has 1 aliphatic heterocycles. The number of ether oxygens (including phenoxy) is 2. The largest absolute Gasteiger partial charge is 0.492 e. The zero-order valence-corrected chi connectivity index (χ0v) is 24.9. The SMILES string of the molecule is CC(C)(C)c1cc(NC(=O)Nc2ccc(-n3nc(-c4cccc(OCCN5CCOCC5)c4)c4c(N)ncnc43)cc2)no1. The Hall–Kier alpha value is -5.01. The van der Waals surface area contributed by atoms with E-state index in [4.69, 9.17) is 24.8 Å². The summed E-state index contributed by atoms with van der Waals surface area (Å²) in [5.74, 6) is 2.08. The number of carbonyl (C=O) groups is 1. The van der Waals surface area contributed by atoms with Crippen LogP contribution in [0.2, 0.25) is 0 Å². The Morgan fingerprint density at radius 3 is 2.59 bits per heavy atom. The molecule has 0 atom stereocenters. The van der Waals surface area contributed by atoms with Crippen LogP contribution in [0.4, 0.5) is 22.1 Å². The van der Waals surface area contributed by atoms with Gasteiger partial charge < -0.3 is 25.0 Å². The standard InChI is InChI=1S/C31H35N9O4/c1-31(2,3)24-18-25(38-44-24)36-30(41)35-21-7-9-22(10-8-21)40-29-26(28(32)33-19-34-29)27(37-40)20-5-4-6-23(17-20)43-16-13-39-11-14-42-15-12-39/h4-10,17-19H,11-16H2,1-3H3,(H2,32,33,34)(H2,35,36,38,41). The zero-order chi connectivity index (χ0) is 30.7. The molecule has 0 saturated carbocycles. The summed E-state index contributed by atoms with van der Waals surface area (Å²) in [6.07, 6.45) is 1.42. The number of urea groups is 1. The number of carbonyl (C=O) groups excluding carboxylic acids is 1. The summed E-state index contributed by atoms with van der Waals surface area (Å²) in [5, 5.41) is 15.0. The van der Waals surface area contributed by atoms with Crippen LogP contribution in [0.1, 0.15) is 26.5 Å². The number of amides is 2. The number of anilines is 3. The van der Waals surface area contributed by atoms with E-state index in [0.29, 0.717) is 46.4 Å². The van der Waals surface area contributed by atoms with E-state index in [2.05, 4.69) is 30.7 Å². The fourth-order valence-electron chi connectivity index (χ4n) is 4.86. The van der Waals surface area contributed by atoms with Crippen molar-refractivity contribution < 1.29 is 18.8 Å². The molecule has 0 spiro atoms. The smallest absolute Gasteiger partial charge is 0.324 e. The van der Waals surface area contributed by atoms with Crippen LogP contribution in [0.15, 0.2) is 65.4 Å². The third-order valence-electron chi connectivity index (χ3n) is 7.24. The molecule has 3 aromatic heterocycles. The van der Waals surface area contributed by atoms with Gasteiger partial charge in [0.2, 0.25) is 0 Å². The van der Waals surface area contributed by atoms with Gasteiger partial charge in [-0.3, -0.25) is 10.2 Å². The monoisotopic (exact) mass is 597 g/mol. The molecule has 0 unspecified atom stereocenters. The van der Waals surface area contributed by atoms with Gasteiger partial charge in [-0.2, -0.15) is 5.10 Å². The molecule has 2 amide bonds. The van der Waals surface area contributed by atoms with Gasteiger partial charge in [0.15, 0.2) is 11.5 Å². The van der Waals surface area contributed by atoms with Crippen LogP contribution >= 0.6 is 0 Å². The zero-order valence-electron chi connectivity index (χ0n) is 24.9. The molecule has 1 saturated heterocycles. The Morgan fingerprint density at radius 1 is 1.05 bits per heavy atom. The molecule has 4 N–H and O–H groups in total. The highest BCUT2D eigenvalue weighted by atomic mass is 16.5. The van der Waals surface area contributed by atoms with Crippen molar-refractivity contribution in [1.82, 2.24) is 29.8 Å². The van der Waals surface area contributed by atoms with Crippen molar-refractivity contribution in [2.75, 3.05) is 55.8 Å². The maximum Gasteiger partial charge on any atom is 0.324 e. The number of nitrogen functional groups attached to an aromatic ring is 1. The van der Waals surface area contributed by atoms with Crippen LogP contribution in [-0.4, -0.2) is 75.3 Å². The van der Waals surface area contributed by atoms with Crippen molar-refractivity contribution in [2.24, 2.45) is 0 Å². The van der Waals surface area contributed by atoms with Gasteiger partial charge in [-0.15, -0.1) is 0 Å². The minimum absolute atomic E-state index is 0.217. The average molecular weight is 598 g/mol. The highest BCUT2D eigenvalue weighted by molar-refractivity contribution is 6.00. The number of hydrogen-bond acceptors (Lipinski definition) is 10. The normalized spacial score (nSPS) is 14.1. The summed E-state index contributed by atoms with van der Waals surface area (Å²) in [5.41, 5.74) is 9.46. The average Bonchev–Trinajstić information content (AvgIpc) is 3.65. The van der Waals surface area contributed by atoms with Gasteiger partial charge in [-0.1, -0.05) is 38.1 Å². The van der Waals surface area contributed by atoms with Crippen molar-refractivity contribution in [3.8, 4) is 22.7 Å². The highest BCUT2D eigenvalue weighted by Gasteiger charge is 2.21. The molecule has 6 rings (SSSR count). The van der Waals surface area contributed by atoms with E-state index < -0.39 is 6.03 Å². The number of rotatable bonds is 8. The first kappa shape index (κ1) is 29.1. The molecular weight excluding hydrogens is 562 g/mol. The molecule has 44 heavy (non-hydrogen) atoms. The summed E-state index contributed by atoms with van der Waals surface area (Å²) in [6, 6.07) is 16.3. The lowest BCUT2D eigenvalue weighted by Crippen LogP contribution is -2.38. The lowest BCUT2D eigenvalue weighted by Gasteiger charge is -2.26. The first-order valence-electron chi connectivity index (χ1n) is 14.4. The van der Waals surface area contributed by atoms with E-state index >= 15 is 0 Å². The van der Waals surface area contributed by atoms with Crippen LogP contribution < -0.4 is 21.1 Å². The molecule has 1 aliphatic rings. The number of nitrogens with two attached hydrogens (primary N) is 1. The van der Waals surface area contributed by atoms with Crippen LogP contribution in [0.5, 0.6) is 5.75 Å².